The molecule has 1 atom stereocenters. The molecule has 3 rings (SSSR count). The number of amides is 2. The lowest BCUT2D eigenvalue weighted by Crippen LogP contribution is -2.46. The van der Waals surface area contributed by atoms with Crippen LogP contribution in [0.1, 0.15) is 48.1 Å². The van der Waals surface area contributed by atoms with Gasteiger partial charge in [0.1, 0.15) is 0 Å². The molecule has 33 heavy (non-hydrogen) atoms. The largest absolute Gasteiger partial charge is 0.348 e. The van der Waals surface area contributed by atoms with E-state index in [0.29, 0.717) is 23.6 Å². The number of nitrogens with one attached hydrogen (secondary N) is 2. The van der Waals surface area contributed by atoms with Crippen molar-refractivity contribution in [1.29, 1.82) is 0 Å². The van der Waals surface area contributed by atoms with Gasteiger partial charge in [-0.15, -0.1) is 0 Å². The van der Waals surface area contributed by atoms with Crippen molar-refractivity contribution < 1.29 is 18.0 Å². The molecule has 1 aromatic carbocycles. The molecule has 2 amide bonds. The van der Waals surface area contributed by atoms with Crippen molar-refractivity contribution in [3.8, 4) is 0 Å². The van der Waals surface area contributed by atoms with E-state index >= 15 is 0 Å². The first-order valence-corrected chi connectivity index (χ1v) is 12.7. The van der Waals surface area contributed by atoms with Crippen LogP contribution in [0.2, 0.25) is 0 Å². The highest BCUT2D eigenvalue weighted by Gasteiger charge is 2.35. The lowest BCUT2D eigenvalue weighted by atomic mass is 10.0. The highest BCUT2D eigenvalue weighted by Crippen LogP contribution is 2.31. The van der Waals surface area contributed by atoms with Gasteiger partial charge in [0, 0.05) is 25.3 Å². The fraction of sp³-hybridized carbons (Fsp3) is 0.458. The van der Waals surface area contributed by atoms with Crippen LogP contribution >= 0.6 is 0 Å². The first kappa shape index (κ1) is 24.9. The summed E-state index contributed by atoms with van der Waals surface area (Å²) in [6.07, 6.45) is 4.53. The molecular formula is C24H32N4O4S. The van der Waals surface area contributed by atoms with Gasteiger partial charge in [-0.3, -0.25) is 14.6 Å². The Morgan fingerprint density at radius 3 is 2.42 bits per heavy atom. The normalized spacial score (nSPS) is 16.9. The predicted octanol–water partition coefficient (Wildman–Crippen LogP) is 2.37. The number of hydrogen-bond acceptors (Lipinski definition) is 5. The SMILES string of the molecule is Cc1cc(C)c(S(=O)(=O)N2CCCC[C@H]2CCNC(=O)C(=O)NCc2ccccn2)c(C)c1. The maximum atomic E-state index is 13.5. The van der Waals surface area contributed by atoms with Gasteiger partial charge in [-0.25, -0.2) is 8.42 Å². The summed E-state index contributed by atoms with van der Waals surface area (Å²) in [7, 11) is -3.66. The fourth-order valence-electron chi connectivity index (χ4n) is 4.46. The first-order valence-electron chi connectivity index (χ1n) is 11.3. The minimum atomic E-state index is -3.66. The Kier molecular flexibility index (Phi) is 8.20. The van der Waals surface area contributed by atoms with Gasteiger partial charge in [-0.1, -0.05) is 30.2 Å². The Morgan fingerprint density at radius 1 is 1.06 bits per heavy atom. The van der Waals surface area contributed by atoms with E-state index in [-0.39, 0.29) is 19.1 Å². The second kappa shape index (κ2) is 10.9. The average Bonchev–Trinajstić information content (AvgIpc) is 2.77. The number of benzene rings is 1. The van der Waals surface area contributed by atoms with Crippen LogP contribution in [0.4, 0.5) is 0 Å². The lowest BCUT2D eigenvalue weighted by molar-refractivity contribution is -0.139. The lowest BCUT2D eigenvalue weighted by Gasteiger charge is -2.35. The van der Waals surface area contributed by atoms with E-state index in [2.05, 4.69) is 15.6 Å². The molecule has 1 fully saturated rings. The van der Waals surface area contributed by atoms with E-state index in [4.69, 9.17) is 0 Å². The molecule has 2 heterocycles. The Morgan fingerprint density at radius 2 is 1.76 bits per heavy atom. The summed E-state index contributed by atoms with van der Waals surface area (Å²) in [6, 6.07) is 8.89. The molecule has 0 aliphatic carbocycles. The monoisotopic (exact) mass is 472 g/mol. The Hall–Kier alpha value is -2.78. The third-order valence-electron chi connectivity index (χ3n) is 5.87. The van der Waals surface area contributed by atoms with Crippen molar-refractivity contribution in [3.63, 3.8) is 0 Å². The van der Waals surface area contributed by atoms with Crippen molar-refractivity contribution in [2.45, 2.75) is 63.9 Å². The van der Waals surface area contributed by atoms with Crippen LogP contribution < -0.4 is 10.6 Å². The van der Waals surface area contributed by atoms with Crippen LogP contribution in [-0.4, -0.2) is 48.7 Å². The zero-order chi connectivity index (χ0) is 24.0. The number of aryl methyl sites for hydroxylation is 3. The molecule has 2 N–H and O–H groups in total. The molecule has 1 aliphatic rings. The van der Waals surface area contributed by atoms with E-state index in [1.807, 2.05) is 32.9 Å². The summed E-state index contributed by atoms with van der Waals surface area (Å²) < 4.78 is 28.7. The zero-order valence-corrected chi connectivity index (χ0v) is 20.2. The Labute approximate surface area is 195 Å². The molecule has 0 bridgehead atoms. The van der Waals surface area contributed by atoms with Crippen LogP contribution in [-0.2, 0) is 26.2 Å². The highest BCUT2D eigenvalue weighted by molar-refractivity contribution is 7.89. The summed E-state index contributed by atoms with van der Waals surface area (Å²) >= 11 is 0. The van der Waals surface area contributed by atoms with Crippen molar-refractivity contribution in [2.75, 3.05) is 13.1 Å². The molecule has 8 nitrogen and oxygen atoms in total. The molecule has 0 spiro atoms. The number of carbonyl (C=O) groups excluding carboxylic acids is 2. The summed E-state index contributed by atoms with van der Waals surface area (Å²) in [5, 5.41) is 5.15. The third-order valence-corrected chi connectivity index (χ3v) is 8.13. The summed E-state index contributed by atoms with van der Waals surface area (Å²) in [5.41, 5.74) is 3.18. The molecule has 0 saturated carbocycles. The van der Waals surface area contributed by atoms with Gasteiger partial charge in [-0.2, -0.15) is 4.31 Å². The maximum Gasteiger partial charge on any atom is 0.309 e. The number of aromatic nitrogens is 1. The Balaban J connectivity index is 1.59. The molecule has 0 unspecified atom stereocenters. The fourth-order valence-corrected chi connectivity index (χ4v) is 6.60. The number of carbonyl (C=O) groups is 2. The van der Waals surface area contributed by atoms with Gasteiger partial charge in [0.25, 0.3) is 0 Å². The third kappa shape index (κ3) is 6.17. The van der Waals surface area contributed by atoms with Crippen LogP contribution in [0, 0.1) is 20.8 Å². The number of rotatable bonds is 7. The second-order valence-electron chi connectivity index (χ2n) is 8.54. The number of hydrogen-bond donors (Lipinski definition) is 2. The molecule has 1 aromatic heterocycles. The molecule has 1 aliphatic heterocycles. The van der Waals surface area contributed by atoms with Gasteiger partial charge in [0.15, 0.2) is 0 Å². The van der Waals surface area contributed by atoms with E-state index < -0.39 is 21.8 Å². The van der Waals surface area contributed by atoms with Gasteiger partial charge >= 0.3 is 11.8 Å². The van der Waals surface area contributed by atoms with Gasteiger partial charge < -0.3 is 10.6 Å². The summed E-state index contributed by atoms with van der Waals surface area (Å²) in [4.78, 5) is 28.7. The van der Waals surface area contributed by atoms with Gasteiger partial charge in [0.2, 0.25) is 10.0 Å². The summed E-state index contributed by atoms with van der Waals surface area (Å²) in [6.45, 7) is 6.45. The smallest absolute Gasteiger partial charge is 0.309 e. The van der Waals surface area contributed by atoms with Crippen LogP contribution in [0.5, 0.6) is 0 Å². The molecule has 9 heteroatoms. The summed E-state index contributed by atoms with van der Waals surface area (Å²) in [5.74, 6) is -1.47. The molecule has 2 aromatic rings. The quantitative estimate of drug-likeness (QED) is 0.602. The number of sulfonamides is 1. The minimum absolute atomic E-state index is 0.164. The van der Waals surface area contributed by atoms with Crippen molar-refractivity contribution >= 4 is 21.8 Å². The van der Waals surface area contributed by atoms with Crippen molar-refractivity contribution in [3.05, 3.63) is 58.9 Å². The number of pyridine rings is 1. The average molecular weight is 473 g/mol. The zero-order valence-electron chi connectivity index (χ0n) is 19.4. The number of nitrogens with zero attached hydrogens (tertiary/aromatic N) is 2. The molecule has 0 radical (unpaired) electrons. The van der Waals surface area contributed by atoms with Crippen molar-refractivity contribution in [2.24, 2.45) is 0 Å². The Bertz CT molecular complexity index is 1080. The predicted molar refractivity (Wildman–Crippen MR) is 126 cm³/mol. The van der Waals surface area contributed by atoms with Gasteiger partial charge in [0.05, 0.1) is 17.1 Å². The van der Waals surface area contributed by atoms with Gasteiger partial charge in [-0.05, 0) is 63.3 Å². The minimum Gasteiger partial charge on any atom is -0.348 e. The van der Waals surface area contributed by atoms with E-state index in [1.54, 1.807) is 28.7 Å². The van der Waals surface area contributed by atoms with Crippen LogP contribution in [0.15, 0.2) is 41.4 Å². The van der Waals surface area contributed by atoms with E-state index in [1.165, 1.54) is 0 Å². The number of piperidine rings is 1. The first-order chi connectivity index (χ1) is 15.7. The van der Waals surface area contributed by atoms with E-state index in [9.17, 15) is 18.0 Å². The topological polar surface area (TPSA) is 108 Å². The van der Waals surface area contributed by atoms with Crippen molar-refractivity contribution in [1.82, 2.24) is 19.9 Å². The van der Waals surface area contributed by atoms with Crippen LogP contribution in [0.3, 0.4) is 0 Å². The molecule has 1 saturated heterocycles. The second-order valence-corrected chi connectivity index (χ2v) is 10.4. The molecule has 178 valence electrons. The van der Waals surface area contributed by atoms with Crippen LogP contribution in [0.25, 0.3) is 0 Å². The highest BCUT2D eigenvalue weighted by atomic mass is 32.2. The molecular weight excluding hydrogens is 440 g/mol. The standard InChI is InChI=1S/C24H32N4O4S/c1-17-14-18(2)22(19(3)15-17)33(31,32)28-13-7-5-9-21(28)10-12-26-23(29)24(30)27-16-20-8-4-6-11-25-20/h4,6,8,11,14-15,21H,5,7,9-10,12-13,16H2,1-3H3,(H,26,29)(H,27,30)/t21-/m0/s1. The van der Waals surface area contributed by atoms with E-state index in [0.717, 1.165) is 36.0 Å². The maximum absolute atomic E-state index is 13.5.